The third-order valence-corrected chi connectivity index (χ3v) is 5.35. The zero-order valence-corrected chi connectivity index (χ0v) is 16.4. The fourth-order valence-corrected chi connectivity index (χ4v) is 3.61. The first-order valence-corrected chi connectivity index (χ1v) is 9.41. The smallest absolute Gasteiger partial charge is 0.238 e. The number of hydrogen-bond donors (Lipinski definition) is 1. The van der Waals surface area contributed by atoms with Crippen LogP contribution in [0.1, 0.15) is 16.7 Å². The summed E-state index contributed by atoms with van der Waals surface area (Å²) in [6.07, 6.45) is 0. The first kappa shape index (κ1) is 18.7. The van der Waals surface area contributed by atoms with Crippen molar-refractivity contribution in [2.45, 2.75) is 20.8 Å². The summed E-state index contributed by atoms with van der Waals surface area (Å²) in [6, 6.07) is 12.0. The van der Waals surface area contributed by atoms with Crippen molar-refractivity contribution < 1.29 is 4.79 Å². The highest BCUT2D eigenvalue weighted by molar-refractivity contribution is 6.30. The number of aryl methyl sites for hydroxylation is 2. The van der Waals surface area contributed by atoms with Gasteiger partial charge < -0.3 is 10.2 Å². The maximum absolute atomic E-state index is 12.4. The van der Waals surface area contributed by atoms with E-state index in [2.05, 4.69) is 47.2 Å². The Bertz CT molecular complexity index is 798. The van der Waals surface area contributed by atoms with Gasteiger partial charge in [0.05, 0.1) is 6.54 Å². The average molecular weight is 372 g/mol. The normalized spacial score (nSPS) is 15.2. The van der Waals surface area contributed by atoms with Crippen LogP contribution < -0.4 is 10.2 Å². The Balaban J connectivity index is 1.53. The number of hydrogen-bond acceptors (Lipinski definition) is 3. The van der Waals surface area contributed by atoms with Gasteiger partial charge in [-0.15, -0.1) is 0 Å². The van der Waals surface area contributed by atoms with Crippen LogP contribution in [0.5, 0.6) is 0 Å². The number of carbonyl (C=O) groups excluding carboxylic acids is 1. The molecule has 1 heterocycles. The van der Waals surface area contributed by atoms with Gasteiger partial charge in [-0.2, -0.15) is 0 Å². The van der Waals surface area contributed by atoms with E-state index in [0.717, 1.165) is 37.4 Å². The van der Waals surface area contributed by atoms with Gasteiger partial charge in [-0.05, 0) is 61.7 Å². The minimum atomic E-state index is 0.0237. The van der Waals surface area contributed by atoms with E-state index in [0.29, 0.717) is 11.6 Å². The van der Waals surface area contributed by atoms with Crippen molar-refractivity contribution in [2.24, 2.45) is 0 Å². The van der Waals surface area contributed by atoms with E-state index in [1.54, 1.807) is 6.07 Å². The summed E-state index contributed by atoms with van der Waals surface area (Å²) in [5.74, 6) is 0.0237. The maximum atomic E-state index is 12.4. The van der Waals surface area contributed by atoms with Gasteiger partial charge in [-0.3, -0.25) is 9.69 Å². The predicted molar refractivity (Wildman–Crippen MR) is 109 cm³/mol. The Morgan fingerprint density at radius 2 is 1.77 bits per heavy atom. The SMILES string of the molecule is Cc1cc(Cl)ccc1NC(=O)CN1CCN(c2cccc(C)c2C)CC1. The van der Waals surface area contributed by atoms with Crippen molar-refractivity contribution >= 4 is 28.9 Å². The van der Waals surface area contributed by atoms with Crippen molar-refractivity contribution in [3.63, 3.8) is 0 Å². The van der Waals surface area contributed by atoms with Crippen molar-refractivity contribution in [3.8, 4) is 0 Å². The van der Waals surface area contributed by atoms with Crippen LogP contribution in [0.4, 0.5) is 11.4 Å². The molecule has 0 aliphatic carbocycles. The predicted octanol–water partition coefficient (Wildman–Crippen LogP) is 4.03. The highest BCUT2D eigenvalue weighted by Crippen LogP contribution is 2.24. The first-order chi connectivity index (χ1) is 12.4. The molecule has 4 nitrogen and oxygen atoms in total. The van der Waals surface area contributed by atoms with Crippen molar-refractivity contribution in [1.29, 1.82) is 0 Å². The van der Waals surface area contributed by atoms with Gasteiger partial charge in [-0.1, -0.05) is 23.7 Å². The molecule has 3 rings (SSSR count). The summed E-state index contributed by atoms with van der Waals surface area (Å²) >= 11 is 5.97. The lowest BCUT2D eigenvalue weighted by molar-refractivity contribution is -0.117. The van der Waals surface area contributed by atoms with E-state index in [4.69, 9.17) is 11.6 Å². The van der Waals surface area contributed by atoms with E-state index in [1.807, 2.05) is 19.1 Å². The molecule has 0 spiro atoms. The van der Waals surface area contributed by atoms with Crippen LogP contribution in [0.25, 0.3) is 0 Å². The second-order valence-electron chi connectivity index (χ2n) is 6.99. The number of nitrogens with zero attached hydrogens (tertiary/aromatic N) is 2. The lowest BCUT2D eigenvalue weighted by atomic mass is 10.1. The molecule has 0 bridgehead atoms. The summed E-state index contributed by atoms with van der Waals surface area (Å²) in [5.41, 5.74) is 5.78. The number of benzene rings is 2. The van der Waals surface area contributed by atoms with Gasteiger partial charge in [-0.25, -0.2) is 0 Å². The van der Waals surface area contributed by atoms with Gasteiger partial charge in [0.2, 0.25) is 5.91 Å². The Morgan fingerprint density at radius 3 is 2.46 bits per heavy atom. The number of rotatable bonds is 4. The highest BCUT2D eigenvalue weighted by atomic mass is 35.5. The molecule has 0 atom stereocenters. The van der Waals surface area contributed by atoms with Gasteiger partial charge in [0.15, 0.2) is 0 Å². The number of carbonyl (C=O) groups is 1. The van der Waals surface area contributed by atoms with Gasteiger partial charge >= 0.3 is 0 Å². The zero-order chi connectivity index (χ0) is 18.7. The van der Waals surface area contributed by atoms with Crippen molar-refractivity contribution in [3.05, 3.63) is 58.1 Å². The van der Waals surface area contributed by atoms with E-state index < -0.39 is 0 Å². The van der Waals surface area contributed by atoms with E-state index in [9.17, 15) is 4.79 Å². The molecule has 2 aromatic carbocycles. The van der Waals surface area contributed by atoms with E-state index >= 15 is 0 Å². The van der Waals surface area contributed by atoms with Crippen LogP contribution in [0.2, 0.25) is 5.02 Å². The molecule has 1 aliphatic rings. The van der Waals surface area contributed by atoms with Gasteiger partial charge in [0, 0.05) is 42.6 Å². The molecule has 138 valence electrons. The Kier molecular flexibility index (Phi) is 5.84. The number of piperazine rings is 1. The molecule has 1 saturated heterocycles. The molecule has 1 N–H and O–H groups in total. The Morgan fingerprint density at radius 1 is 1.04 bits per heavy atom. The Hall–Kier alpha value is -2.04. The number of anilines is 2. The standard InChI is InChI=1S/C21H26ClN3O/c1-15-5-4-6-20(17(15)3)25-11-9-24(10-12-25)14-21(26)23-19-8-7-18(22)13-16(19)2/h4-8,13H,9-12,14H2,1-3H3,(H,23,26). The quantitative estimate of drug-likeness (QED) is 0.881. The topological polar surface area (TPSA) is 35.6 Å². The molecular formula is C21H26ClN3O. The monoisotopic (exact) mass is 371 g/mol. The molecule has 0 radical (unpaired) electrons. The molecular weight excluding hydrogens is 346 g/mol. The van der Waals surface area contributed by atoms with Crippen LogP contribution >= 0.6 is 11.6 Å². The second-order valence-corrected chi connectivity index (χ2v) is 7.43. The van der Waals surface area contributed by atoms with Crippen LogP contribution in [0, 0.1) is 20.8 Å². The molecule has 0 saturated carbocycles. The lowest BCUT2D eigenvalue weighted by Gasteiger charge is -2.36. The minimum absolute atomic E-state index is 0.0237. The van der Waals surface area contributed by atoms with Crippen LogP contribution in [-0.2, 0) is 4.79 Å². The molecule has 1 fully saturated rings. The van der Waals surface area contributed by atoms with Crippen LogP contribution in [0.15, 0.2) is 36.4 Å². The third kappa shape index (κ3) is 4.37. The first-order valence-electron chi connectivity index (χ1n) is 9.03. The number of amides is 1. The van der Waals surface area contributed by atoms with Crippen molar-refractivity contribution in [1.82, 2.24) is 4.90 Å². The molecule has 0 aromatic heterocycles. The van der Waals surface area contributed by atoms with Crippen LogP contribution in [0.3, 0.4) is 0 Å². The highest BCUT2D eigenvalue weighted by Gasteiger charge is 2.20. The van der Waals surface area contributed by atoms with Gasteiger partial charge in [0.1, 0.15) is 0 Å². The minimum Gasteiger partial charge on any atom is -0.369 e. The Labute approximate surface area is 160 Å². The molecule has 2 aromatic rings. The summed E-state index contributed by atoms with van der Waals surface area (Å²) in [7, 11) is 0. The number of halogens is 1. The van der Waals surface area contributed by atoms with E-state index in [1.165, 1.54) is 16.8 Å². The fraction of sp³-hybridized carbons (Fsp3) is 0.381. The van der Waals surface area contributed by atoms with E-state index in [-0.39, 0.29) is 5.91 Å². The second kappa shape index (κ2) is 8.11. The van der Waals surface area contributed by atoms with Crippen LogP contribution in [-0.4, -0.2) is 43.5 Å². The fourth-order valence-electron chi connectivity index (χ4n) is 3.39. The summed E-state index contributed by atoms with van der Waals surface area (Å²) in [4.78, 5) is 17.0. The molecule has 1 aliphatic heterocycles. The summed E-state index contributed by atoms with van der Waals surface area (Å²) < 4.78 is 0. The average Bonchev–Trinajstić information content (AvgIpc) is 2.61. The molecule has 26 heavy (non-hydrogen) atoms. The maximum Gasteiger partial charge on any atom is 0.238 e. The largest absolute Gasteiger partial charge is 0.369 e. The zero-order valence-electron chi connectivity index (χ0n) is 15.7. The summed E-state index contributed by atoms with van der Waals surface area (Å²) in [5, 5.41) is 3.67. The van der Waals surface area contributed by atoms with Crippen molar-refractivity contribution in [2.75, 3.05) is 42.9 Å². The lowest BCUT2D eigenvalue weighted by Crippen LogP contribution is -2.48. The summed E-state index contributed by atoms with van der Waals surface area (Å²) in [6.45, 7) is 10.4. The number of nitrogens with one attached hydrogen (secondary N) is 1. The molecule has 0 unspecified atom stereocenters. The third-order valence-electron chi connectivity index (χ3n) is 5.12. The molecule has 5 heteroatoms. The van der Waals surface area contributed by atoms with Gasteiger partial charge in [0.25, 0.3) is 0 Å². The molecule has 1 amide bonds.